The maximum atomic E-state index is 11.5. The van der Waals surface area contributed by atoms with Gasteiger partial charge in [0.05, 0.1) is 0 Å². The minimum atomic E-state index is -1.17. The molecule has 1 aromatic carbocycles. The summed E-state index contributed by atoms with van der Waals surface area (Å²) >= 11 is 3.31. The van der Waals surface area contributed by atoms with Crippen LogP contribution in [0, 0.1) is 0 Å². The number of aliphatic carboxylic acids is 1. The summed E-state index contributed by atoms with van der Waals surface area (Å²) in [6.45, 7) is -0.299. The number of carbonyl (C=O) groups excluding carboxylic acids is 1. The van der Waals surface area contributed by atoms with E-state index in [2.05, 4.69) is 21.2 Å². The van der Waals surface area contributed by atoms with Gasteiger partial charge in [0.15, 0.2) is 0 Å². The monoisotopic (exact) mass is 327 g/mol. The van der Waals surface area contributed by atoms with Crippen molar-refractivity contribution in [2.24, 2.45) is 0 Å². The smallest absolute Gasteiger partial charge is 0.326 e. The number of nitrogens with one attached hydrogen (secondary N) is 1. The first-order chi connectivity index (χ1) is 9.02. The average Bonchev–Trinajstić information content (AvgIpc) is 2.36. The Labute approximate surface area is 119 Å². The zero-order chi connectivity index (χ0) is 14.3. The van der Waals surface area contributed by atoms with Crippen LogP contribution in [0.25, 0.3) is 6.08 Å². The zero-order valence-electron chi connectivity index (χ0n) is 10.0. The standard InChI is InChI=1S/C13H14BrNO4/c14-10-3-1-2-9(8-10)4-5-12(17)15-11(6-7-16)13(18)19/h1-5,8,11,16H,6-7H2,(H,15,17)(H,18,19). The van der Waals surface area contributed by atoms with Crippen molar-refractivity contribution >= 4 is 33.9 Å². The predicted octanol–water partition coefficient (Wildman–Crippen LogP) is 1.41. The van der Waals surface area contributed by atoms with Crippen LogP contribution in [0.1, 0.15) is 12.0 Å². The molecule has 0 aromatic heterocycles. The molecule has 0 heterocycles. The quantitative estimate of drug-likeness (QED) is 0.689. The van der Waals surface area contributed by atoms with Gasteiger partial charge in [-0.15, -0.1) is 0 Å². The molecule has 0 aliphatic rings. The van der Waals surface area contributed by atoms with Crippen LogP contribution in [0.5, 0.6) is 0 Å². The van der Waals surface area contributed by atoms with Gasteiger partial charge in [0.25, 0.3) is 0 Å². The van der Waals surface area contributed by atoms with E-state index in [1.54, 1.807) is 6.08 Å². The van der Waals surface area contributed by atoms with Gasteiger partial charge < -0.3 is 15.5 Å². The Morgan fingerprint density at radius 2 is 2.16 bits per heavy atom. The van der Waals surface area contributed by atoms with Gasteiger partial charge in [-0.05, 0) is 23.8 Å². The summed E-state index contributed by atoms with van der Waals surface area (Å²) in [5.41, 5.74) is 0.818. The highest BCUT2D eigenvalue weighted by atomic mass is 79.9. The Morgan fingerprint density at radius 3 is 2.74 bits per heavy atom. The summed E-state index contributed by atoms with van der Waals surface area (Å²) in [5, 5.41) is 19.8. The summed E-state index contributed by atoms with van der Waals surface area (Å²) < 4.78 is 0.888. The number of carboxylic acid groups (broad SMARTS) is 1. The Kier molecular flexibility index (Phi) is 6.24. The first kappa shape index (κ1) is 15.4. The first-order valence-corrected chi connectivity index (χ1v) is 6.40. The molecule has 1 atom stereocenters. The second-order valence-corrected chi connectivity index (χ2v) is 4.72. The van der Waals surface area contributed by atoms with Gasteiger partial charge in [0.1, 0.15) is 6.04 Å². The minimum Gasteiger partial charge on any atom is -0.480 e. The van der Waals surface area contributed by atoms with Gasteiger partial charge >= 0.3 is 5.97 Å². The molecule has 0 bridgehead atoms. The summed E-state index contributed by atoms with van der Waals surface area (Å²) in [6, 6.07) is 6.25. The summed E-state index contributed by atoms with van der Waals surface area (Å²) in [4.78, 5) is 22.3. The van der Waals surface area contributed by atoms with Crippen molar-refractivity contribution in [3.63, 3.8) is 0 Å². The topological polar surface area (TPSA) is 86.6 Å². The lowest BCUT2D eigenvalue weighted by molar-refractivity contribution is -0.141. The van der Waals surface area contributed by atoms with Gasteiger partial charge in [-0.25, -0.2) is 4.79 Å². The Bertz CT molecular complexity index is 487. The van der Waals surface area contributed by atoms with Crippen molar-refractivity contribution in [3.05, 3.63) is 40.4 Å². The van der Waals surface area contributed by atoms with Crippen LogP contribution < -0.4 is 5.32 Å². The molecule has 0 saturated carbocycles. The molecule has 0 saturated heterocycles. The molecule has 5 nitrogen and oxygen atoms in total. The zero-order valence-corrected chi connectivity index (χ0v) is 11.6. The Hall–Kier alpha value is -1.66. The van der Waals surface area contributed by atoms with Gasteiger partial charge in [-0.2, -0.15) is 0 Å². The highest BCUT2D eigenvalue weighted by Crippen LogP contribution is 2.12. The van der Waals surface area contributed by atoms with Gasteiger partial charge in [-0.3, -0.25) is 4.79 Å². The lowest BCUT2D eigenvalue weighted by Crippen LogP contribution is -2.40. The number of hydrogen-bond acceptors (Lipinski definition) is 3. The maximum Gasteiger partial charge on any atom is 0.326 e. The first-order valence-electron chi connectivity index (χ1n) is 5.60. The molecule has 6 heteroatoms. The third kappa shape index (κ3) is 5.67. The third-order valence-corrected chi connectivity index (χ3v) is 2.80. The van der Waals surface area contributed by atoms with E-state index in [-0.39, 0.29) is 13.0 Å². The van der Waals surface area contributed by atoms with E-state index in [0.717, 1.165) is 10.0 Å². The fourth-order valence-electron chi connectivity index (χ4n) is 1.39. The Morgan fingerprint density at radius 1 is 1.42 bits per heavy atom. The van der Waals surface area contributed by atoms with Crippen molar-refractivity contribution in [1.82, 2.24) is 5.32 Å². The molecule has 1 amide bonds. The molecule has 0 aliphatic carbocycles. The highest BCUT2D eigenvalue weighted by Gasteiger charge is 2.17. The second kappa shape index (κ2) is 7.70. The molecule has 0 radical (unpaired) electrons. The minimum absolute atomic E-state index is 0.0220. The van der Waals surface area contributed by atoms with Crippen molar-refractivity contribution in [1.29, 1.82) is 0 Å². The lowest BCUT2D eigenvalue weighted by atomic mass is 10.2. The number of halogens is 1. The van der Waals surface area contributed by atoms with Gasteiger partial charge in [-0.1, -0.05) is 28.1 Å². The molecule has 0 aliphatic heterocycles. The molecule has 19 heavy (non-hydrogen) atoms. The lowest BCUT2D eigenvalue weighted by Gasteiger charge is -2.11. The summed E-state index contributed by atoms with van der Waals surface area (Å²) in [7, 11) is 0. The highest BCUT2D eigenvalue weighted by molar-refractivity contribution is 9.10. The number of carboxylic acids is 1. The van der Waals surface area contributed by atoms with E-state index in [9.17, 15) is 9.59 Å². The molecule has 0 spiro atoms. The second-order valence-electron chi connectivity index (χ2n) is 3.80. The van der Waals surface area contributed by atoms with Crippen LogP contribution in [0.15, 0.2) is 34.8 Å². The van der Waals surface area contributed by atoms with Crippen LogP contribution >= 0.6 is 15.9 Å². The number of aliphatic hydroxyl groups is 1. The fourth-order valence-corrected chi connectivity index (χ4v) is 1.81. The van der Waals surface area contributed by atoms with Crippen LogP contribution in [-0.4, -0.2) is 34.7 Å². The predicted molar refractivity (Wildman–Crippen MR) is 74.4 cm³/mol. The van der Waals surface area contributed by atoms with Crippen molar-refractivity contribution < 1.29 is 19.8 Å². The molecule has 1 aromatic rings. The SMILES string of the molecule is O=C(C=Cc1cccc(Br)c1)NC(CCO)C(=O)O. The van der Waals surface area contributed by atoms with E-state index >= 15 is 0 Å². The van der Waals surface area contributed by atoms with E-state index in [0.29, 0.717) is 0 Å². The molecule has 1 unspecified atom stereocenters. The maximum absolute atomic E-state index is 11.5. The number of amides is 1. The number of rotatable bonds is 6. The summed E-state index contributed by atoms with van der Waals surface area (Å²) in [5.74, 6) is -1.68. The molecule has 3 N–H and O–H groups in total. The molecule has 1 rings (SSSR count). The van der Waals surface area contributed by atoms with Crippen LogP contribution in [0.4, 0.5) is 0 Å². The van der Waals surface area contributed by atoms with Crippen molar-refractivity contribution in [2.45, 2.75) is 12.5 Å². The number of benzene rings is 1. The van der Waals surface area contributed by atoms with Crippen LogP contribution in [0.3, 0.4) is 0 Å². The van der Waals surface area contributed by atoms with E-state index in [1.165, 1.54) is 6.08 Å². The third-order valence-electron chi connectivity index (χ3n) is 2.31. The van der Waals surface area contributed by atoms with Crippen LogP contribution in [0.2, 0.25) is 0 Å². The molecular weight excluding hydrogens is 314 g/mol. The molecule has 0 fully saturated rings. The Balaban J connectivity index is 2.61. The fraction of sp³-hybridized carbons (Fsp3) is 0.231. The van der Waals surface area contributed by atoms with E-state index < -0.39 is 17.9 Å². The van der Waals surface area contributed by atoms with Gasteiger partial charge in [0.2, 0.25) is 5.91 Å². The normalized spacial score (nSPS) is 12.3. The van der Waals surface area contributed by atoms with E-state index in [4.69, 9.17) is 10.2 Å². The summed E-state index contributed by atoms with van der Waals surface area (Å²) in [6.07, 6.45) is 2.82. The number of aliphatic hydroxyl groups excluding tert-OH is 1. The van der Waals surface area contributed by atoms with Gasteiger partial charge in [0, 0.05) is 23.6 Å². The molecule has 102 valence electrons. The van der Waals surface area contributed by atoms with E-state index in [1.807, 2.05) is 24.3 Å². The number of carbonyl (C=O) groups is 2. The van der Waals surface area contributed by atoms with Crippen molar-refractivity contribution in [3.8, 4) is 0 Å². The van der Waals surface area contributed by atoms with Crippen molar-refractivity contribution in [2.75, 3.05) is 6.61 Å². The molecular formula is C13H14BrNO4. The van der Waals surface area contributed by atoms with Crippen LogP contribution in [-0.2, 0) is 9.59 Å². The number of hydrogen-bond donors (Lipinski definition) is 3. The largest absolute Gasteiger partial charge is 0.480 e. The average molecular weight is 328 g/mol.